The fourth-order valence-electron chi connectivity index (χ4n) is 7.31. The van der Waals surface area contributed by atoms with Crippen LogP contribution in [-0.2, 0) is 0 Å². The van der Waals surface area contributed by atoms with Gasteiger partial charge in [0.05, 0.1) is 38.8 Å². The topological polar surface area (TPSA) is 48.5 Å². The van der Waals surface area contributed by atoms with E-state index in [1.165, 1.54) is 27.4 Å². The zero-order valence-corrected chi connectivity index (χ0v) is 25.8. The van der Waals surface area contributed by atoms with Crippen molar-refractivity contribution < 1.29 is 0 Å². The van der Waals surface area contributed by atoms with Gasteiger partial charge in [-0.05, 0) is 65.7 Å². The first-order valence-electron chi connectivity index (χ1n) is 16.1. The van der Waals surface area contributed by atoms with Crippen LogP contribution in [0.3, 0.4) is 0 Å². The summed E-state index contributed by atoms with van der Waals surface area (Å²) in [5.41, 5.74) is 11.6. The average Bonchev–Trinajstić information content (AvgIpc) is 3.68. The predicted octanol–water partition coefficient (Wildman–Crippen LogP) is 10.6. The van der Waals surface area contributed by atoms with Crippen LogP contribution < -0.4 is 0 Å². The molecule has 0 aliphatic rings. The van der Waals surface area contributed by atoms with Crippen LogP contribution in [0.15, 0.2) is 164 Å². The summed E-state index contributed by atoms with van der Waals surface area (Å²) in [7, 11) is 0. The van der Waals surface area contributed by atoms with Gasteiger partial charge in [0.15, 0.2) is 0 Å². The van der Waals surface area contributed by atoms with Crippen LogP contribution in [0.2, 0.25) is 0 Å². The van der Waals surface area contributed by atoms with Gasteiger partial charge < -0.3 is 4.57 Å². The number of nitrogens with zero attached hydrogens (tertiary/aromatic N) is 5. The highest BCUT2D eigenvalue weighted by molar-refractivity contribution is 6.17. The Morgan fingerprint density at radius 3 is 2.02 bits per heavy atom. The van der Waals surface area contributed by atoms with Crippen molar-refractivity contribution in [1.82, 2.24) is 24.1 Å². The molecule has 0 bridgehead atoms. The number of para-hydroxylation sites is 3. The first kappa shape index (κ1) is 26.6. The summed E-state index contributed by atoms with van der Waals surface area (Å²) in [6.45, 7) is 0. The molecule has 0 N–H and O–H groups in total. The van der Waals surface area contributed by atoms with Crippen molar-refractivity contribution in [2.45, 2.75) is 0 Å². The molecule has 0 fully saturated rings. The third-order valence-corrected chi connectivity index (χ3v) is 9.38. The minimum absolute atomic E-state index is 0.626. The van der Waals surface area contributed by atoms with Crippen molar-refractivity contribution in [3.63, 3.8) is 0 Å². The molecule has 0 unspecified atom stereocenters. The molecule has 48 heavy (non-hydrogen) atoms. The first-order chi connectivity index (χ1) is 23.8. The molecule has 0 aliphatic heterocycles. The summed E-state index contributed by atoms with van der Waals surface area (Å²) in [5.74, 6) is 0.626. The molecular weight excluding hydrogens is 587 g/mol. The molecule has 6 aromatic carbocycles. The van der Waals surface area contributed by atoms with E-state index in [-0.39, 0.29) is 0 Å². The van der Waals surface area contributed by atoms with Gasteiger partial charge in [0.2, 0.25) is 5.95 Å². The van der Waals surface area contributed by atoms with Crippen molar-refractivity contribution >= 4 is 54.6 Å². The third kappa shape index (κ3) is 3.94. The van der Waals surface area contributed by atoms with Crippen LogP contribution in [0, 0.1) is 0 Å². The monoisotopic (exact) mass is 613 g/mol. The van der Waals surface area contributed by atoms with Gasteiger partial charge in [-0.15, -0.1) is 0 Å². The Kier molecular flexibility index (Phi) is 5.81. The molecule has 10 rings (SSSR count). The quantitative estimate of drug-likeness (QED) is 0.198. The molecule has 10 aromatic rings. The molecule has 0 saturated heterocycles. The number of hydrogen-bond acceptors (Lipinski definition) is 3. The highest BCUT2D eigenvalue weighted by Crippen LogP contribution is 2.40. The largest absolute Gasteiger partial charge is 0.309 e. The number of benzene rings is 6. The molecule has 0 radical (unpaired) electrons. The van der Waals surface area contributed by atoms with E-state index in [0.717, 1.165) is 55.3 Å². The van der Waals surface area contributed by atoms with Crippen molar-refractivity contribution in [1.29, 1.82) is 0 Å². The van der Waals surface area contributed by atoms with Crippen LogP contribution in [0.5, 0.6) is 0 Å². The van der Waals surface area contributed by atoms with Crippen LogP contribution >= 0.6 is 0 Å². The SMILES string of the molecule is c1ccc(-c2nc(-n3c4ccc(-c5cccc6c5c5ccccc5n6-c5ccccc5)cc4c4ncccc43)nc3ccccc23)cc1. The standard InChI is InChI=1S/C43H27N5/c1-3-13-28(14-4-1)41-32-17-7-9-20-35(32)45-43(46-41)48-37-25-24-29(27-34(37)42-39(48)23-12-26-44-42)31-19-11-22-38-40(31)33-18-8-10-21-36(33)47(38)30-15-5-2-6-16-30/h1-27H. The second kappa shape index (κ2) is 10.5. The van der Waals surface area contributed by atoms with E-state index in [1.54, 1.807) is 0 Å². The lowest BCUT2D eigenvalue weighted by atomic mass is 9.98. The number of pyridine rings is 1. The lowest BCUT2D eigenvalue weighted by Crippen LogP contribution is -2.03. The minimum atomic E-state index is 0.626. The molecule has 0 spiro atoms. The van der Waals surface area contributed by atoms with Gasteiger partial charge in [-0.25, -0.2) is 9.97 Å². The number of hydrogen-bond donors (Lipinski definition) is 0. The van der Waals surface area contributed by atoms with Gasteiger partial charge >= 0.3 is 0 Å². The molecule has 0 amide bonds. The molecule has 4 heterocycles. The number of aromatic nitrogens is 5. The molecule has 0 aliphatic carbocycles. The fourth-order valence-corrected chi connectivity index (χ4v) is 7.31. The number of fused-ring (bicyclic) bond motifs is 7. The minimum Gasteiger partial charge on any atom is -0.309 e. The second-order valence-corrected chi connectivity index (χ2v) is 12.1. The van der Waals surface area contributed by atoms with E-state index >= 15 is 0 Å². The molecule has 0 saturated carbocycles. The molecule has 4 aromatic heterocycles. The van der Waals surface area contributed by atoms with E-state index in [1.807, 2.05) is 30.5 Å². The lowest BCUT2D eigenvalue weighted by Gasteiger charge is -2.12. The summed E-state index contributed by atoms with van der Waals surface area (Å²) in [6, 6.07) is 55.3. The maximum atomic E-state index is 5.22. The summed E-state index contributed by atoms with van der Waals surface area (Å²) in [6.07, 6.45) is 1.86. The van der Waals surface area contributed by atoms with Crippen molar-refractivity contribution in [3.8, 4) is 34.0 Å². The van der Waals surface area contributed by atoms with E-state index < -0.39 is 0 Å². The zero-order chi connectivity index (χ0) is 31.6. The fraction of sp³-hybridized carbons (Fsp3) is 0. The molecule has 5 nitrogen and oxygen atoms in total. The normalized spacial score (nSPS) is 11.8. The molecule has 224 valence electrons. The van der Waals surface area contributed by atoms with Crippen LogP contribution in [0.4, 0.5) is 0 Å². The highest BCUT2D eigenvalue weighted by atomic mass is 15.2. The van der Waals surface area contributed by atoms with Gasteiger partial charge in [-0.2, -0.15) is 0 Å². The Hall–Kier alpha value is -6.59. The lowest BCUT2D eigenvalue weighted by molar-refractivity contribution is 1.01. The van der Waals surface area contributed by atoms with Crippen LogP contribution in [-0.4, -0.2) is 24.1 Å². The molecule has 0 atom stereocenters. The van der Waals surface area contributed by atoms with E-state index in [2.05, 4.69) is 143 Å². The summed E-state index contributed by atoms with van der Waals surface area (Å²) < 4.78 is 4.52. The van der Waals surface area contributed by atoms with Gasteiger partial charge in [-0.3, -0.25) is 9.55 Å². The predicted molar refractivity (Wildman–Crippen MR) is 197 cm³/mol. The Labute approximate surface area is 276 Å². The van der Waals surface area contributed by atoms with Crippen LogP contribution in [0.25, 0.3) is 88.7 Å². The van der Waals surface area contributed by atoms with Crippen molar-refractivity contribution in [3.05, 3.63) is 164 Å². The van der Waals surface area contributed by atoms with Gasteiger partial charge in [-0.1, -0.05) is 103 Å². The number of rotatable bonds is 4. The van der Waals surface area contributed by atoms with Gasteiger partial charge in [0.1, 0.15) is 0 Å². The second-order valence-electron chi connectivity index (χ2n) is 12.1. The van der Waals surface area contributed by atoms with E-state index in [0.29, 0.717) is 5.95 Å². The van der Waals surface area contributed by atoms with Gasteiger partial charge in [0.25, 0.3) is 0 Å². The maximum Gasteiger partial charge on any atom is 0.235 e. The Morgan fingerprint density at radius 2 is 1.15 bits per heavy atom. The van der Waals surface area contributed by atoms with E-state index in [4.69, 9.17) is 15.0 Å². The van der Waals surface area contributed by atoms with Crippen molar-refractivity contribution in [2.24, 2.45) is 0 Å². The Balaban J connectivity index is 1.23. The van der Waals surface area contributed by atoms with Crippen molar-refractivity contribution in [2.75, 3.05) is 0 Å². The zero-order valence-electron chi connectivity index (χ0n) is 25.8. The van der Waals surface area contributed by atoms with E-state index in [9.17, 15) is 0 Å². The summed E-state index contributed by atoms with van der Waals surface area (Å²) in [5, 5.41) is 4.55. The highest BCUT2D eigenvalue weighted by Gasteiger charge is 2.20. The Morgan fingerprint density at radius 1 is 0.438 bits per heavy atom. The first-order valence-corrected chi connectivity index (χ1v) is 16.1. The maximum absolute atomic E-state index is 5.22. The Bertz CT molecular complexity index is 2830. The van der Waals surface area contributed by atoms with Gasteiger partial charge in [0, 0.05) is 39.0 Å². The third-order valence-electron chi connectivity index (χ3n) is 9.38. The van der Waals surface area contributed by atoms with Crippen LogP contribution in [0.1, 0.15) is 0 Å². The average molecular weight is 614 g/mol. The molecule has 5 heteroatoms. The molecular formula is C43H27N5. The summed E-state index contributed by atoms with van der Waals surface area (Å²) in [4.78, 5) is 15.2. The smallest absolute Gasteiger partial charge is 0.235 e. The summed E-state index contributed by atoms with van der Waals surface area (Å²) >= 11 is 0.